The molecule has 8 heteroatoms. The van der Waals surface area contributed by atoms with Gasteiger partial charge in [0.05, 0.1) is 17.0 Å². The number of anilines is 1. The average molecular weight is 452 g/mol. The molecule has 0 saturated heterocycles. The zero-order valence-electron chi connectivity index (χ0n) is 17.1. The predicted octanol–water partition coefficient (Wildman–Crippen LogP) is 5.23. The fourth-order valence-corrected chi connectivity index (χ4v) is 4.80. The predicted molar refractivity (Wildman–Crippen MR) is 121 cm³/mol. The maximum absolute atomic E-state index is 13.6. The van der Waals surface area contributed by atoms with Gasteiger partial charge in [0.15, 0.2) is 5.43 Å². The molecule has 0 aliphatic carbocycles. The summed E-state index contributed by atoms with van der Waals surface area (Å²) in [5.74, 6) is -0.347. The van der Waals surface area contributed by atoms with Crippen LogP contribution in [0.3, 0.4) is 0 Å². The minimum Gasteiger partial charge on any atom is -0.450 e. The van der Waals surface area contributed by atoms with E-state index in [1.807, 2.05) is 39.0 Å². The van der Waals surface area contributed by atoms with Crippen LogP contribution in [0.2, 0.25) is 5.02 Å². The summed E-state index contributed by atoms with van der Waals surface area (Å²) in [4.78, 5) is 28.6. The summed E-state index contributed by atoms with van der Waals surface area (Å²) >= 11 is 7.42. The molecule has 2 aromatic carbocycles. The molecule has 0 bridgehead atoms. The average Bonchev–Trinajstić information content (AvgIpc) is 3.33. The molecule has 4 aromatic rings. The summed E-state index contributed by atoms with van der Waals surface area (Å²) in [5.41, 5.74) is 3.24. The number of amides is 1. The van der Waals surface area contributed by atoms with Crippen molar-refractivity contribution in [2.24, 2.45) is 0 Å². The van der Waals surface area contributed by atoms with Crippen LogP contribution >= 0.6 is 22.9 Å². The Morgan fingerprint density at radius 3 is 2.48 bits per heavy atom. The first-order chi connectivity index (χ1) is 14.9. The van der Waals surface area contributed by atoms with Gasteiger partial charge in [-0.25, -0.2) is 0 Å². The highest BCUT2D eigenvalue weighted by atomic mass is 35.5. The number of nitrogens with zero attached hydrogens (tertiary/aromatic N) is 3. The van der Waals surface area contributed by atoms with Gasteiger partial charge < -0.3 is 4.42 Å². The van der Waals surface area contributed by atoms with E-state index in [0.29, 0.717) is 33.1 Å². The van der Waals surface area contributed by atoms with Gasteiger partial charge in [-0.3, -0.25) is 14.5 Å². The Balaban J connectivity index is 1.81. The van der Waals surface area contributed by atoms with Crippen molar-refractivity contribution in [3.05, 3.63) is 84.7 Å². The van der Waals surface area contributed by atoms with E-state index in [1.165, 1.54) is 16.2 Å². The molecule has 6 nitrogen and oxygen atoms in total. The Morgan fingerprint density at radius 1 is 1.10 bits per heavy atom. The lowest BCUT2D eigenvalue weighted by Gasteiger charge is -2.22. The van der Waals surface area contributed by atoms with Crippen molar-refractivity contribution in [1.29, 1.82) is 0 Å². The van der Waals surface area contributed by atoms with Gasteiger partial charge in [-0.05, 0) is 61.2 Å². The molecule has 5 rings (SSSR count). The van der Waals surface area contributed by atoms with Gasteiger partial charge in [0, 0.05) is 5.02 Å². The van der Waals surface area contributed by atoms with Gasteiger partial charge in [0.2, 0.25) is 10.9 Å². The molecular formula is C23H18ClN3O3S. The lowest BCUT2D eigenvalue weighted by atomic mass is 9.97. The first kappa shape index (κ1) is 19.9. The van der Waals surface area contributed by atoms with Crippen LogP contribution in [0.1, 0.15) is 50.8 Å². The van der Waals surface area contributed by atoms with Gasteiger partial charge in [0.1, 0.15) is 10.6 Å². The van der Waals surface area contributed by atoms with E-state index in [-0.39, 0.29) is 11.2 Å². The number of aromatic nitrogens is 2. The summed E-state index contributed by atoms with van der Waals surface area (Å²) in [7, 11) is 0. The smallest absolute Gasteiger partial charge is 0.297 e. The fourth-order valence-electron chi connectivity index (χ4n) is 3.87. The fraction of sp³-hybridized carbons (Fsp3) is 0.217. The van der Waals surface area contributed by atoms with E-state index < -0.39 is 11.9 Å². The number of aryl methyl sites for hydroxylation is 3. The second kappa shape index (κ2) is 7.28. The molecule has 1 unspecified atom stereocenters. The molecule has 1 aliphatic heterocycles. The largest absolute Gasteiger partial charge is 0.450 e. The van der Waals surface area contributed by atoms with Crippen molar-refractivity contribution in [3.63, 3.8) is 0 Å². The minimum atomic E-state index is -0.667. The van der Waals surface area contributed by atoms with Crippen molar-refractivity contribution >= 4 is 44.9 Å². The number of carbonyl (C=O) groups excluding carboxylic acids is 1. The van der Waals surface area contributed by atoms with E-state index in [2.05, 4.69) is 10.2 Å². The van der Waals surface area contributed by atoms with Crippen LogP contribution < -0.4 is 10.3 Å². The summed E-state index contributed by atoms with van der Waals surface area (Å²) < 4.78 is 6.03. The quantitative estimate of drug-likeness (QED) is 0.426. The first-order valence-electron chi connectivity index (χ1n) is 9.88. The second-order valence-electron chi connectivity index (χ2n) is 7.57. The topological polar surface area (TPSA) is 76.3 Å². The highest BCUT2D eigenvalue weighted by molar-refractivity contribution is 7.15. The van der Waals surface area contributed by atoms with Crippen LogP contribution in [0.15, 0.2) is 45.6 Å². The van der Waals surface area contributed by atoms with Gasteiger partial charge in [0.25, 0.3) is 5.91 Å². The molecule has 3 heterocycles. The summed E-state index contributed by atoms with van der Waals surface area (Å²) in [6, 6.07) is 10.1. The zero-order valence-corrected chi connectivity index (χ0v) is 18.7. The Hall–Kier alpha value is -3.03. The van der Waals surface area contributed by atoms with Gasteiger partial charge in [-0.2, -0.15) is 0 Å². The molecule has 0 N–H and O–H groups in total. The van der Waals surface area contributed by atoms with Gasteiger partial charge >= 0.3 is 0 Å². The third kappa shape index (κ3) is 3.07. The van der Waals surface area contributed by atoms with Crippen molar-refractivity contribution in [1.82, 2.24) is 10.2 Å². The van der Waals surface area contributed by atoms with Gasteiger partial charge in [-0.15, -0.1) is 10.2 Å². The van der Waals surface area contributed by atoms with Crippen LogP contribution in [0.5, 0.6) is 0 Å². The Labute approximate surface area is 187 Å². The molecule has 0 spiro atoms. The van der Waals surface area contributed by atoms with E-state index in [1.54, 1.807) is 18.2 Å². The Kier molecular flexibility index (Phi) is 4.68. The lowest BCUT2D eigenvalue weighted by molar-refractivity contribution is 0.0970. The van der Waals surface area contributed by atoms with Crippen LogP contribution in [0.4, 0.5) is 5.13 Å². The maximum Gasteiger partial charge on any atom is 0.297 e. The molecular weight excluding hydrogens is 434 g/mol. The summed E-state index contributed by atoms with van der Waals surface area (Å²) in [6.07, 6.45) is 0.706. The third-order valence-electron chi connectivity index (χ3n) is 5.64. The highest BCUT2D eigenvalue weighted by Gasteiger charge is 2.45. The molecule has 1 amide bonds. The minimum absolute atomic E-state index is 0.0500. The van der Waals surface area contributed by atoms with E-state index >= 15 is 0 Å². The van der Waals surface area contributed by atoms with Crippen molar-refractivity contribution in [3.8, 4) is 0 Å². The van der Waals surface area contributed by atoms with E-state index in [0.717, 1.165) is 21.7 Å². The summed E-state index contributed by atoms with van der Waals surface area (Å²) in [5, 5.41) is 10.7. The number of hydrogen-bond donors (Lipinski definition) is 0. The standard InChI is InChI=1S/C23H18ClN3O3S/c1-4-17-25-26-23(31-17)27-19(13-5-7-14(24)8-6-13)18-20(28)15-9-11(2)12(3)10-16(15)30-21(18)22(27)29/h5-10,19H,4H2,1-3H3. The van der Waals surface area contributed by atoms with Gasteiger partial charge in [-0.1, -0.05) is 42.0 Å². The van der Waals surface area contributed by atoms with Crippen LogP contribution in [0, 0.1) is 13.8 Å². The lowest BCUT2D eigenvalue weighted by Crippen LogP contribution is -2.29. The monoisotopic (exact) mass is 451 g/mol. The maximum atomic E-state index is 13.6. The second-order valence-corrected chi connectivity index (χ2v) is 9.04. The van der Waals surface area contributed by atoms with Crippen molar-refractivity contribution in [2.45, 2.75) is 33.2 Å². The molecule has 0 saturated carbocycles. The SMILES string of the molecule is CCc1nnc(N2C(=O)c3oc4cc(C)c(C)cc4c(=O)c3C2c2ccc(Cl)cc2)s1. The van der Waals surface area contributed by atoms with Crippen LogP contribution in [-0.4, -0.2) is 16.1 Å². The highest BCUT2D eigenvalue weighted by Crippen LogP contribution is 2.42. The number of halogens is 1. The number of benzene rings is 2. The molecule has 0 fully saturated rings. The summed E-state index contributed by atoms with van der Waals surface area (Å²) in [6.45, 7) is 5.87. The molecule has 2 aromatic heterocycles. The van der Waals surface area contributed by atoms with E-state index in [9.17, 15) is 9.59 Å². The molecule has 0 radical (unpaired) electrons. The Bertz CT molecular complexity index is 1410. The molecule has 156 valence electrons. The van der Waals surface area contributed by atoms with Crippen LogP contribution in [-0.2, 0) is 6.42 Å². The zero-order chi connectivity index (χ0) is 21.9. The molecule has 1 aliphatic rings. The number of hydrogen-bond acceptors (Lipinski definition) is 6. The number of rotatable bonds is 3. The molecule has 1 atom stereocenters. The van der Waals surface area contributed by atoms with Crippen LogP contribution in [0.25, 0.3) is 11.0 Å². The Morgan fingerprint density at radius 2 is 1.81 bits per heavy atom. The van der Waals surface area contributed by atoms with E-state index in [4.69, 9.17) is 16.0 Å². The number of fused-ring (bicyclic) bond motifs is 2. The molecule has 31 heavy (non-hydrogen) atoms. The van der Waals surface area contributed by atoms with Crippen molar-refractivity contribution in [2.75, 3.05) is 4.90 Å². The number of carbonyl (C=O) groups is 1. The normalized spacial score (nSPS) is 15.7. The first-order valence-corrected chi connectivity index (χ1v) is 11.1. The third-order valence-corrected chi connectivity index (χ3v) is 6.96. The van der Waals surface area contributed by atoms with Crippen molar-refractivity contribution < 1.29 is 9.21 Å².